The number of hydrogen-bond acceptors (Lipinski definition) is 8. The minimum Gasteiger partial charge on any atom is -0.491 e. The average Bonchev–Trinajstić information content (AvgIpc) is 3.14. The number of aryl methyl sites for hydroxylation is 1. The molecule has 0 spiro atoms. The van der Waals surface area contributed by atoms with Gasteiger partial charge in [0.25, 0.3) is 0 Å². The van der Waals surface area contributed by atoms with Gasteiger partial charge in [-0.25, -0.2) is 0 Å². The molecule has 0 bridgehead atoms. The maximum atomic E-state index is 11.9. The lowest BCUT2D eigenvalue weighted by atomic mass is 10.0. The predicted molar refractivity (Wildman–Crippen MR) is 209 cm³/mol. The van der Waals surface area contributed by atoms with Crippen LogP contribution >= 0.6 is 0 Å². The summed E-state index contributed by atoms with van der Waals surface area (Å²) in [6.07, 6.45) is 27.9. The van der Waals surface area contributed by atoms with Crippen molar-refractivity contribution in [2.45, 2.75) is 155 Å². The van der Waals surface area contributed by atoms with Crippen molar-refractivity contribution in [2.75, 3.05) is 79.3 Å². The van der Waals surface area contributed by atoms with Crippen LogP contribution in [0.15, 0.2) is 24.3 Å². The lowest BCUT2D eigenvalue weighted by molar-refractivity contribution is -0.145. The van der Waals surface area contributed by atoms with Gasteiger partial charge in [-0.05, 0) is 37.0 Å². The van der Waals surface area contributed by atoms with Crippen LogP contribution in [0.3, 0.4) is 0 Å². The second kappa shape index (κ2) is 39.5. The molecule has 0 fully saturated rings. The van der Waals surface area contributed by atoms with Crippen LogP contribution in [0.2, 0.25) is 0 Å². The van der Waals surface area contributed by atoms with Crippen LogP contribution < -0.4 is 4.74 Å². The molecule has 0 aliphatic heterocycles. The SMILES string of the molecule is CCCCCCCCCCCCCCCC(=O)OCCOCCOCCOCCOCCOCCOc1ccc(CCCCCCCCC)cc1. The molecular weight excluding hydrogens is 644 g/mol. The topological polar surface area (TPSA) is 81.7 Å². The summed E-state index contributed by atoms with van der Waals surface area (Å²) >= 11 is 0. The van der Waals surface area contributed by atoms with Crippen molar-refractivity contribution in [2.24, 2.45) is 0 Å². The second-order valence-electron chi connectivity index (χ2n) is 13.6. The molecule has 1 aromatic carbocycles. The number of carbonyl (C=O) groups is 1. The highest BCUT2D eigenvalue weighted by Gasteiger charge is 2.03. The zero-order valence-corrected chi connectivity index (χ0v) is 33.1. The molecule has 0 N–H and O–H groups in total. The fourth-order valence-corrected chi connectivity index (χ4v) is 5.81. The fourth-order valence-electron chi connectivity index (χ4n) is 5.81. The summed E-state index contributed by atoms with van der Waals surface area (Å²) in [5.41, 5.74) is 1.38. The van der Waals surface area contributed by atoms with Crippen molar-refractivity contribution < 1.29 is 38.0 Å². The van der Waals surface area contributed by atoms with E-state index in [4.69, 9.17) is 33.2 Å². The van der Waals surface area contributed by atoms with Gasteiger partial charge in [-0.3, -0.25) is 4.79 Å². The Morgan fingerprint density at radius 2 is 0.765 bits per heavy atom. The van der Waals surface area contributed by atoms with Crippen molar-refractivity contribution >= 4 is 5.97 Å². The lowest BCUT2D eigenvalue weighted by Gasteiger charge is -2.09. The van der Waals surface area contributed by atoms with E-state index in [0.29, 0.717) is 85.7 Å². The maximum Gasteiger partial charge on any atom is 0.305 e. The van der Waals surface area contributed by atoms with E-state index in [1.807, 2.05) is 0 Å². The first-order valence-electron chi connectivity index (χ1n) is 21.0. The molecule has 298 valence electrons. The Morgan fingerprint density at radius 3 is 1.20 bits per heavy atom. The number of esters is 1. The fraction of sp³-hybridized carbons (Fsp3) is 0.837. The van der Waals surface area contributed by atoms with Crippen molar-refractivity contribution in [3.63, 3.8) is 0 Å². The normalized spacial score (nSPS) is 11.3. The second-order valence-corrected chi connectivity index (χ2v) is 13.6. The van der Waals surface area contributed by atoms with Gasteiger partial charge in [0.1, 0.15) is 19.0 Å². The maximum absolute atomic E-state index is 11.9. The molecule has 51 heavy (non-hydrogen) atoms. The average molecular weight is 723 g/mol. The first-order chi connectivity index (χ1) is 25.3. The van der Waals surface area contributed by atoms with Gasteiger partial charge in [0.05, 0.1) is 66.1 Å². The van der Waals surface area contributed by atoms with Crippen molar-refractivity contribution in [3.8, 4) is 5.75 Å². The number of ether oxygens (including phenoxy) is 7. The molecule has 0 atom stereocenters. The van der Waals surface area contributed by atoms with E-state index in [-0.39, 0.29) is 5.97 Å². The van der Waals surface area contributed by atoms with E-state index < -0.39 is 0 Å². The molecule has 0 aliphatic carbocycles. The largest absolute Gasteiger partial charge is 0.491 e. The van der Waals surface area contributed by atoms with Crippen LogP contribution in [-0.2, 0) is 39.6 Å². The Morgan fingerprint density at radius 1 is 0.412 bits per heavy atom. The van der Waals surface area contributed by atoms with Gasteiger partial charge in [0, 0.05) is 6.42 Å². The lowest BCUT2D eigenvalue weighted by Crippen LogP contribution is -2.15. The number of benzene rings is 1. The van der Waals surface area contributed by atoms with Crippen LogP contribution in [0.25, 0.3) is 0 Å². The summed E-state index contributed by atoms with van der Waals surface area (Å²) in [4.78, 5) is 11.9. The third-order valence-electron chi connectivity index (χ3n) is 8.95. The summed E-state index contributed by atoms with van der Waals surface area (Å²) in [7, 11) is 0. The summed E-state index contributed by atoms with van der Waals surface area (Å²) in [5.74, 6) is 0.766. The number of carbonyl (C=O) groups excluding carboxylic acids is 1. The van der Waals surface area contributed by atoms with E-state index in [9.17, 15) is 4.79 Å². The molecule has 1 rings (SSSR count). The van der Waals surface area contributed by atoms with Gasteiger partial charge in [0.15, 0.2) is 0 Å². The highest BCUT2D eigenvalue weighted by Crippen LogP contribution is 2.16. The van der Waals surface area contributed by atoms with Gasteiger partial charge in [0.2, 0.25) is 0 Å². The van der Waals surface area contributed by atoms with Crippen molar-refractivity contribution in [1.82, 2.24) is 0 Å². The summed E-state index contributed by atoms with van der Waals surface area (Å²) in [5, 5.41) is 0. The number of rotatable bonds is 41. The van der Waals surface area contributed by atoms with E-state index in [1.54, 1.807) is 0 Å². The molecule has 8 nitrogen and oxygen atoms in total. The minimum atomic E-state index is -0.123. The molecule has 8 heteroatoms. The van der Waals surface area contributed by atoms with Gasteiger partial charge < -0.3 is 33.2 Å². The van der Waals surface area contributed by atoms with E-state index in [2.05, 4.69) is 38.1 Å². The van der Waals surface area contributed by atoms with E-state index in [1.165, 1.54) is 121 Å². The standard InChI is InChI=1S/C43H78O8/c1-3-5-7-9-11-12-13-14-15-16-18-20-22-24-43(44)51-40-38-49-36-34-47-32-30-45-29-31-46-33-35-48-37-39-50-42-27-25-41(26-28-42)23-21-19-17-10-8-6-4-2/h25-28H,3-24,29-40H2,1-2H3. The van der Waals surface area contributed by atoms with Crippen LogP contribution in [0.5, 0.6) is 5.75 Å². The van der Waals surface area contributed by atoms with E-state index in [0.717, 1.165) is 25.0 Å². The Labute approximate surface area is 313 Å². The molecule has 0 radical (unpaired) electrons. The highest BCUT2D eigenvalue weighted by atomic mass is 16.6. The van der Waals surface area contributed by atoms with Gasteiger partial charge >= 0.3 is 5.97 Å². The molecule has 1 aromatic rings. The number of unbranched alkanes of at least 4 members (excludes halogenated alkanes) is 18. The zero-order valence-electron chi connectivity index (χ0n) is 33.1. The Kier molecular flexibility index (Phi) is 36.6. The van der Waals surface area contributed by atoms with Gasteiger partial charge in [-0.15, -0.1) is 0 Å². The third kappa shape index (κ3) is 35.1. The van der Waals surface area contributed by atoms with Crippen LogP contribution in [-0.4, -0.2) is 85.3 Å². The Bertz CT molecular complexity index is 834. The third-order valence-corrected chi connectivity index (χ3v) is 8.95. The zero-order chi connectivity index (χ0) is 36.6. The van der Waals surface area contributed by atoms with E-state index >= 15 is 0 Å². The van der Waals surface area contributed by atoms with Gasteiger partial charge in [-0.1, -0.05) is 142 Å². The molecular formula is C43H78O8. The summed E-state index contributed by atoms with van der Waals surface area (Å²) in [6, 6.07) is 8.46. The van der Waals surface area contributed by atoms with Gasteiger partial charge in [-0.2, -0.15) is 0 Å². The Hall–Kier alpha value is -1.71. The molecule has 0 saturated heterocycles. The molecule has 0 heterocycles. The Balaban J connectivity index is 1.73. The predicted octanol–water partition coefficient (Wildman–Crippen LogP) is 10.5. The van der Waals surface area contributed by atoms with Crippen molar-refractivity contribution in [1.29, 1.82) is 0 Å². The smallest absolute Gasteiger partial charge is 0.305 e. The first kappa shape index (κ1) is 47.3. The minimum absolute atomic E-state index is 0.123. The highest BCUT2D eigenvalue weighted by molar-refractivity contribution is 5.69. The molecule has 0 saturated carbocycles. The molecule has 0 unspecified atom stereocenters. The first-order valence-corrected chi connectivity index (χ1v) is 21.0. The van der Waals surface area contributed by atoms with Crippen LogP contribution in [0, 0.1) is 0 Å². The van der Waals surface area contributed by atoms with Crippen LogP contribution in [0.1, 0.15) is 154 Å². The molecule has 0 amide bonds. The molecule has 0 aromatic heterocycles. The molecule has 0 aliphatic rings. The van der Waals surface area contributed by atoms with Crippen LogP contribution in [0.4, 0.5) is 0 Å². The van der Waals surface area contributed by atoms with Crippen molar-refractivity contribution in [3.05, 3.63) is 29.8 Å². The summed E-state index contributed by atoms with van der Waals surface area (Å²) in [6.45, 7) is 10.3. The summed E-state index contributed by atoms with van der Waals surface area (Å²) < 4.78 is 38.7. The number of hydrogen-bond donors (Lipinski definition) is 0. The quantitative estimate of drug-likeness (QED) is 0.0488. The monoisotopic (exact) mass is 723 g/mol.